The average molecular weight is 195 g/mol. The van der Waals surface area contributed by atoms with Crippen LogP contribution < -0.4 is 0 Å². The molecule has 60 valence electrons. The minimum atomic E-state index is 0.682. The number of hydrogen-bond donors (Lipinski definition) is 1. The molecule has 5 heteroatoms. The van der Waals surface area contributed by atoms with E-state index in [9.17, 15) is 0 Å². The Balaban J connectivity index is 2.45. The van der Waals surface area contributed by atoms with Gasteiger partial charge in [0.05, 0.1) is 0 Å². The second kappa shape index (κ2) is 3.20. The molecule has 2 aromatic heterocycles. The molecule has 2 aromatic rings. The van der Waals surface area contributed by atoms with Crippen LogP contribution in [-0.4, -0.2) is 14.3 Å². The smallest absolute Gasteiger partial charge is 0.174 e. The first-order chi connectivity index (χ1) is 5.86. The van der Waals surface area contributed by atoms with Crippen molar-refractivity contribution in [3.05, 3.63) is 24.5 Å². The molecule has 0 aliphatic heterocycles. The topological polar surface area (TPSA) is 38.7 Å². The first-order valence-electron chi connectivity index (χ1n) is 3.29. The molecule has 0 aliphatic rings. The lowest BCUT2D eigenvalue weighted by atomic mass is 10.3. The van der Waals surface area contributed by atoms with Crippen LogP contribution in [0.1, 0.15) is 0 Å². The number of nitrogens with zero attached hydrogens (tertiary/aromatic N) is 3. The normalized spacial score (nSPS) is 10.1. The fourth-order valence-corrected chi connectivity index (χ4v) is 1.49. The van der Waals surface area contributed by atoms with E-state index in [-0.39, 0.29) is 0 Å². The largest absolute Gasteiger partial charge is 0.265 e. The number of aromatic nitrogens is 3. The van der Waals surface area contributed by atoms with Gasteiger partial charge in [0.1, 0.15) is 0 Å². The second-order valence-corrected chi connectivity index (χ2v) is 3.61. The first kappa shape index (κ1) is 7.70. The van der Waals surface area contributed by atoms with Crippen molar-refractivity contribution in [1.82, 2.24) is 14.3 Å². The van der Waals surface area contributed by atoms with Gasteiger partial charge in [-0.25, -0.2) is 4.98 Å². The summed E-state index contributed by atoms with van der Waals surface area (Å²) in [5.74, 6) is 0.715. The van der Waals surface area contributed by atoms with E-state index in [0.717, 1.165) is 5.56 Å². The molecule has 0 aromatic carbocycles. The van der Waals surface area contributed by atoms with Crippen LogP contribution in [0.5, 0.6) is 0 Å². The standard InChI is InChI=1S/C7H5N3S2/c11-7-9-6(10-12-7)5-1-3-8-4-2-5/h1-4H,(H,9,10,11). The van der Waals surface area contributed by atoms with Crippen molar-refractivity contribution in [2.24, 2.45) is 0 Å². The number of hydrogen-bond acceptors (Lipinski definition) is 5. The summed E-state index contributed by atoms with van der Waals surface area (Å²) in [5.41, 5.74) is 0.974. The Hall–Kier alpha value is -0.940. The Morgan fingerprint density at radius 1 is 1.25 bits per heavy atom. The van der Waals surface area contributed by atoms with Gasteiger partial charge in [-0.1, -0.05) is 0 Å². The van der Waals surface area contributed by atoms with Crippen LogP contribution in [-0.2, 0) is 0 Å². The quantitative estimate of drug-likeness (QED) is 0.706. The van der Waals surface area contributed by atoms with Gasteiger partial charge in [0.15, 0.2) is 10.2 Å². The zero-order valence-corrected chi connectivity index (χ0v) is 7.72. The lowest BCUT2D eigenvalue weighted by molar-refractivity contribution is 1.21. The van der Waals surface area contributed by atoms with Gasteiger partial charge in [-0.15, -0.1) is 12.6 Å². The zero-order chi connectivity index (χ0) is 8.39. The van der Waals surface area contributed by atoms with Crippen molar-refractivity contribution in [1.29, 1.82) is 0 Å². The lowest BCUT2D eigenvalue weighted by Gasteiger charge is -1.90. The highest BCUT2D eigenvalue weighted by Gasteiger charge is 2.02. The van der Waals surface area contributed by atoms with E-state index in [1.165, 1.54) is 11.5 Å². The van der Waals surface area contributed by atoms with Gasteiger partial charge < -0.3 is 0 Å². The number of rotatable bonds is 1. The predicted molar refractivity (Wildman–Crippen MR) is 50.4 cm³/mol. The monoisotopic (exact) mass is 195 g/mol. The molecule has 0 N–H and O–H groups in total. The van der Waals surface area contributed by atoms with E-state index in [2.05, 4.69) is 27.0 Å². The van der Waals surface area contributed by atoms with Crippen molar-refractivity contribution in [2.75, 3.05) is 0 Å². The Labute approximate surface area is 79.1 Å². The van der Waals surface area contributed by atoms with Crippen molar-refractivity contribution in [3.8, 4) is 11.4 Å². The molecule has 3 nitrogen and oxygen atoms in total. The Morgan fingerprint density at radius 3 is 2.58 bits per heavy atom. The number of pyridine rings is 1. The molecule has 0 fully saturated rings. The third-order valence-electron chi connectivity index (χ3n) is 1.35. The number of thiol groups is 1. The van der Waals surface area contributed by atoms with E-state index >= 15 is 0 Å². The summed E-state index contributed by atoms with van der Waals surface area (Å²) in [7, 11) is 0. The molecule has 0 atom stereocenters. The lowest BCUT2D eigenvalue weighted by Crippen LogP contribution is -1.79. The molecule has 0 saturated heterocycles. The summed E-state index contributed by atoms with van der Waals surface area (Å²) in [6.07, 6.45) is 3.43. The maximum absolute atomic E-state index is 4.12. The van der Waals surface area contributed by atoms with Gasteiger partial charge in [0.2, 0.25) is 0 Å². The van der Waals surface area contributed by atoms with E-state index in [1.54, 1.807) is 12.4 Å². The predicted octanol–water partition coefficient (Wildman–Crippen LogP) is 1.89. The summed E-state index contributed by atoms with van der Waals surface area (Å²) < 4.78 is 4.79. The minimum Gasteiger partial charge on any atom is -0.265 e. The molecule has 0 spiro atoms. The summed E-state index contributed by atoms with van der Waals surface area (Å²) in [4.78, 5) is 8.03. The van der Waals surface area contributed by atoms with Crippen molar-refractivity contribution in [3.63, 3.8) is 0 Å². The summed E-state index contributed by atoms with van der Waals surface area (Å²) in [6.45, 7) is 0. The molecular formula is C7H5N3S2. The second-order valence-electron chi connectivity index (χ2n) is 2.14. The van der Waals surface area contributed by atoms with E-state index < -0.39 is 0 Å². The van der Waals surface area contributed by atoms with E-state index in [1.807, 2.05) is 12.1 Å². The molecule has 0 amide bonds. The van der Waals surface area contributed by atoms with Gasteiger partial charge in [0, 0.05) is 18.0 Å². The van der Waals surface area contributed by atoms with Gasteiger partial charge in [0.25, 0.3) is 0 Å². The Morgan fingerprint density at radius 2 is 2.00 bits per heavy atom. The summed E-state index contributed by atoms with van der Waals surface area (Å²) in [5, 5.41) is 0. The molecule has 0 bridgehead atoms. The summed E-state index contributed by atoms with van der Waals surface area (Å²) >= 11 is 5.37. The maximum atomic E-state index is 4.12. The van der Waals surface area contributed by atoms with Crippen molar-refractivity contribution >= 4 is 24.2 Å². The van der Waals surface area contributed by atoms with Gasteiger partial charge in [-0.2, -0.15) is 4.37 Å². The molecule has 0 aliphatic carbocycles. The summed E-state index contributed by atoms with van der Waals surface area (Å²) in [6, 6.07) is 3.74. The molecule has 2 rings (SSSR count). The maximum Gasteiger partial charge on any atom is 0.174 e. The van der Waals surface area contributed by atoms with Crippen molar-refractivity contribution in [2.45, 2.75) is 4.34 Å². The third kappa shape index (κ3) is 1.46. The Kier molecular flexibility index (Phi) is 2.05. The van der Waals surface area contributed by atoms with E-state index in [0.29, 0.717) is 10.2 Å². The molecule has 0 unspecified atom stereocenters. The molecule has 0 saturated carbocycles. The van der Waals surface area contributed by atoms with Crippen LogP contribution in [0.4, 0.5) is 0 Å². The fraction of sp³-hybridized carbons (Fsp3) is 0. The highest BCUT2D eigenvalue weighted by atomic mass is 32.2. The van der Waals surface area contributed by atoms with Crippen LogP contribution in [0.2, 0.25) is 0 Å². The third-order valence-corrected chi connectivity index (χ3v) is 2.22. The van der Waals surface area contributed by atoms with Gasteiger partial charge in [-0.3, -0.25) is 4.98 Å². The van der Waals surface area contributed by atoms with Crippen LogP contribution in [0.25, 0.3) is 11.4 Å². The minimum absolute atomic E-state index is 0.682. The van der Waals surface area contributed by atoms with E-state index in [4.69, 9.17) is 0 Å². The van der Waals surface area contributed by atoms with Crippen molar-refractivity contribution < 1.29 is 0 Å². The molecule has 2 heterocycles. The molecule has 0 radical (unpaired) electrons. The zero-order valence-electron chi connectivity index (χ0n) is 6.01. The van der Waals surface area contributed by atoms with Gasteiger partial charge >= 0.3 is 0 Å². The van der Waals surface area contributed by atoms with Crippen LogP contribution in [0, 0.1) is 0 Å². The van der Waals surface area contributed by atoms with Crippen LogP contribution >= 0.6 is 24.2 Å². The Bertz CT molecular complexity index is 371. The SMILES string of the molecule is Sc1nc(-c2ccncc2)ns1. The van der Waals surface area contributed by atoms with Crippen LogP contribution in [0.3, 0.4) is 0 Å². The fourth-order valence-electron chi connectivity index (χ4n) is 0.834. The molecular weight excluding hydrogens is 190 g/mol. The van der Waals surface area contributed by atoms with Gasteiger partial charge in [-0.05, 0) is 23.7 Å². The average Bonchev–Trinajstić information content (AvgIpc) is 2.54. The highest BCUT2D eigenvalue weighted by Crippen LogP contribution is 2.18. The first-order valence-corrected chi connectivity index (χ1v) is 4.51. The van der Waals surface area contributed by atoms with Crippen LogP contribution in [0.15, 0.2) is 28.9 Å². The highest BCUT2D eigenvalue weighted by molar-refractivity contribution is 7.82. The molecule has 12 heavy (non-hydrogen) atoms.